The zero-order chi connectivity index (χ0) is 23.8. The first-order valence-corrected chi connectivity index (χ1v) is 12.4. The number of benzene rings is 1. The largest absolute Gasteiger partial charge is 0.433 e. The van der Waals surface area contributed by atoms with Gasteiger partial charge in [0.05, 0.1) is 11.6 Å². The van der Waals surface area contributed by atoms with E-state index in [1.807, 2.05) is 29.9 Å². The van der Waals surface area contributed by atoms with Gasteiger partial charge in [0, 0.05) is 21.2 Å². The summed E-state index contributed by atoms with van der Waals surface area (Å²) >= 11 is 2.51. The maximum absolute atomic E-state index is 13.0. The van der Waals surface area contributed by atoms with Crippen LogP contribution in [-0.2, 0) is 12.6 Å². The van der Waals surface area contributed by atoms with E-state index in [9.17, 15) is 18.0 Å². The van der Waals surface area contributed by atoms with E-state index in [-0.39, 0.29) is 5.69 Å². The molecule has 1 N–H and O–H groups in total. The molecule has 1 atom stereocenters. The van der Waals surface area contributed by atoms with E-state index in [1.165, 1.54) is 25.0 Å². The number of nitrogens with zero attached hydrogens (tertiary/aromatic N) is 3. The van der Waals surface area contributed by atoms with Crippen LogP contribution in [0, 0.1) is 5.92 Å². The number of carbonyl (C=O) groups excluding carboxylic acids is 1. The average Bonchev–Trinajstić information content (AvgIpc) is 3.21. The number of alkyl halides is 4. The second kappa shape index (κ2) is 9.60. The molecule has 1 saturated carbocycles. The van der Waals surface area contributed by atoms with Crippen LogP contribution < -0.4 is 5.32 Å². The van der Waals surface area contributed by atoms with Gasteiger partial charge in [0.25, 0.3) is 5.91 Å². The van der Waals surface area contributed by atoms with Crippen LogP contribution in [0.15, 0.2) is 36.5 Å². The number of aryl methyl sites for hydroxylation is 1. The number of hydrogen-bond donors (Lipinski definition) is 1. The minimum absolute atomic E-state index is 0.274. The lowest BCUT2D eigenvalue weighted by molar-refractivity contribution is -0.141. The summed E-state index contributed by atoms with van der Waals surface area (Å²) in [4.78, 5) is 16.2. The molecule has 0 saturated heterocycles. The Kier molecular flexibility index (Phi) is 6.97. The molecule has 1 fully saturated rings. The van der Waals surface area contributed by atoms with Gasteiger partial charge in [-0.15, -0.1) is 0 Å². The highest BCUT2D eigenvalue weighted by atomic mass is 127. The van der Waals surface area contributed by atoms with Crippen molar-refractivity contribution in [3.63, 3.8) is 0 Å². The Morgan fingerprint density at radius 3 is 2.61 bits per heavy atom. The number of fused-ring (bicyclic) bond motifs is 1. The van der Waals surface area contributed by atoms with E-state index in [0.717, 1.165) is 41.3 Å². The van der Waals surface area contributed by atoms with Gasteiger partial charge in [-0.05, 0) is 67.9 Å². The van der Waals surface area contributed by atoms with E-state index in [0.29, 0.717) is 22.1 Å². The Hall–Kier alpha value is -2.17. The number of nitrogens with one attached hydrogen (secondary N) is 1. The molecule has 3 aromatic rings. The third-order valence-electron chi connectivity index (χ3n) is 6.41. The molecule has 1 aliphatic carbocycles. The van der Waals surface area contributed by atoms with Gasteiger partial charge in [0.15, 0.2) is 0 Å². The quantitative estimate of drug-likeness (QED) is 0.271. The van der Waals surface area contributed by atoms with Crippen molar-refractivity contribution in [2.24, 2.45) is 5.92 Å². The smallest absolute Gasteiger partial charge is 0.320 e. The Labute approximate surface area is 204 Å². The first kappa shape index (κ1) is 24.0. The van der Waals surface area contributed by atoms with Gasteiger partial charge < -0.3 is 5.32 Å². The van der Waals surface area contributed by atoms with Gasteiger partial charge in [-0.2, -0.15) is 18.3 Å². The van der Waals surface area contributed by atoms with Gasteiger partial charge in [-0.1, -0.05) is 42.5 Å². The first-order valence-electron chi connectivity index (χ1n) is 11.2. The molecule has 2 aromatic heterocycles. The molecule has 0 bridgehead atoms. The van der Waals surface area contributed by atoms with Gasteiger partial charge >= 0.3 is 6.18 Å². The SMILES string of the molecule is CCc1cc2nn(C3CCC(C(C)I)CC3)cc2cc1NC(=O)c1cccc(C(F)(F)F)n1. The summed E-state index contributed by atoms with van der Waals surface area (Å²) in [5.41, 5.74) is 0.927. The lowest BCUT2D eigenvalue weighted by Gasteiger charge is -2.30. The van der Waals surface area contributed by atoms with Crippen molar-refractivity contribution in [2.75, 3.05) is 5.32 Å². The fourth-order valence-electron chi connectivity index (χ4n) is 4.46. The fraction of sp³-hybridized carbons (Fsp3) is 0.458. The summed E-state index contributed by atoms with van der Waals surface area (Å²) < 4.78 is 41.6. The van der Waals surface area contributed by atoms with Crippen molar-refractivity contribution in [1.82, 2.24) is 14.8 Å². The summed E-state index contributed by atoms with van der Waals surface area (Å²) in [7, 11) is 0. The molecule has 0 aliphatic heterocycles. The minimum Gasteiger partial charge on any atom is -0.320 e. The maximum atomic E-state index is 13.0. The molecule has 4 rings (SSSR count). The summed E-state index contributed by atoms with van der Waals surface area (Å²) in [5.74, 6) is 0.0820. The monoisotopic (exact) mass is 570 g/mol. The van der Waals surface area contributed by atoms with E-state index < -0.39 is 17.8 Å². The van der Waals surface area contributed by atoms with E-state index in [2.05, 4.69) is 39.8 Å². The van der Waals surface area contributed by atoms with E-state index in [4.69, 9.17) is 5.10 Å². The van der Waals surface area contributed by atoms with Crippen LogP contribution in [0.5, 0.6) is 0 Å². The molecule has 5 nitrogen and oxygen atoms in total. The van der Waals surface area contributed by atoms with Crippen LogP contribution in [0.4, 0.5) is 18.9 Å². The second-order valence-corrected chi connectivity index (χ2v) is 10.6. The van der Waals surface area contributed by atoms with E-state index >= 15 is 0 Å². The molecular weight excluding hydrogens is 544 g/mol. The lowest BCUT2D eigenvalue weighted by Crippen LogP contribution is -2.22. The number of halogens is 4. The number of rotatable bonds is 5. The van der Waals surface area contributed by atoms with Gasteiger partial charge in [-0.25, -0.2) is 4.98 Å². The predicted molar refractivity (Wildman–Crippen MR) is 131 cm³/mol. The third-order valence-corrected chi connectivity index (χ3v) is 7.43. The number of amides is 1. The van der Waals surface area contributed by atoms with Crippen molar-refractivity contribution >= 4 is 45.1 Å². The summed E-state index contributed by atoms with van der Waals surface area (Å²) in [6.45, 7) is 4.23. The van der Waals surface area contributed by atoms with Crippen molar-refractivity contribution in [3.05, 3.63) is 53.5 Å². The minimum atomic E-state index is -4.60. The predicted octanol–water partition coefficient (Wildman–Crippen LogP) is 6.82. The first-order chi connectivity index (χ1) is 15.7. The van der Waals surface area contributed by atoms with Crippen LogP contribution >= 0.6 is 22.6 Å². The molecule has 1 aliphatic rings. The van der Waals surface area contributed by atoms with Crippen molar-refractivity contribution in [1.29, 1.82) is 0 Å². The Morgan fingerprint density at radius 2 is 1.97 bits per heavy atom. The number of hydrogen-bond acceptors (Lipinski definition) is 3. The molecule has 2 heterocycles. The Morgan fingerprint density at radius 1 is 1.24 bits per heavy atom. The molecule has 0 spiro atoms. The van der Waals surface area contributed by atoms with Crippen LogP contribution in [0.3, 0.4) is 0 Å². The molecule has 176 valence electrons. The van der Waals surface area contributed by atoms with Crippen LogP contribution in [0.2, 0.25) is 0 Å². The van der Waals surface area contributed by atoms with E-state index in [1.54, 1.807) is 0 Å². The molecule has 1 aromatic carbocycles. The number of carbonyl (C=O) groups is 1. The highest BCUT2D eigenvalue weighted by molar-refractivity contribution is 14.1. The molecule has 33 heavy (non-hydrogen) atoms. The third kappa shape index (κ3) is 5.33. The van der Waals surface area contributed by atoms with Gasteiger partial charge in [0.1, 0.15) is 11.4 Å². The molecule has 1 unspecified atom stereocenters. The lowest BCUT2D eigenvalue weighted by atomic mass is 9.84. The highest BCUT2D eigenvalue weighted by Gasteiger charge is 2.33. The topological polar surface area (TPSA) is 59.8 Å². The average molecular weight is 570 g/mol. The Bertz CT molecular complexity index is 1150. The summed E-state index contributed by atoms with van der Waals surface area (Å²) in [6, 6.07) is 7.47. The summed E-state index contributed by atoms with van der Waals surface area (Å²) in [5, 5.41) is 8.44. The van der Waals surface area contributed by atoms with Crippen LogP contribution in [0.25, 0.3) is 10.9 Å². The summed E-state index contributed by atoms with van der Waals surface area (Å²) in [6.07, 6.45) is 2.62. The van der Waals surface area contributed by atoms with Gasteiger partial charge in [-0.3, -0.25) is 9.48 Å². The number of aromatic nitrogens is 3. The van der Waals surface area contributed by atoms with Crippen LogP contribution in [-0.4, -0.2) is 24.6 Å². The molecule has 1 amide bonds. The maximum Gasteiger partial charge on any atom is 0.433 e. The second-order valence-electron chi connectivity index (χ2n) is 8.64. The van der Waals surface area contributed by atoms with Crippen molar-refractivity contribution in [2.45, 2.75) is 62.1 Å². The number of pyridine rings is 1. The molecular formula is C24H26F3IN4O. The Balaban J connectivity index is 1.56. The molecule has 9 heteroatoms. The van der Waals surface area contributed by atoms with Crippen molar-refractivity contribution < 1.29 is 18.0 Å². The zero-order valence-electron chi connectivity index (χ0n) is 18.5. The standard InChI is InChI=1S/C24H26F3IN4O/c1-3-15-11-21-17(13-32(31-21)18-9-7-16(8-10-18)14(2)28)12-20(15)30-23(33)19-5-4-6-22(29-19)24(25,26)27/h4-6,11-14,16,18H,3,7-10H2,1-2H3,(H,30,33). The van der Waals surface area contributed by atoms with Crippen LogP contribution in [0.1, 0.15) is 67.3 Å². The number of anilines is 1. The fourth-order valence-corrected chi connectivity index (χ4v) is 5.18. The highest BCUT2D eigenvalue weighted by Crippen LogP contribution is 2.37. The zero-order valence-corrected chi connectivity index (χ0v) is 20.7. The molecule has 0 radical (unpaired) electrons. The van der Waals surface area contributed by atoms with Gasteiger partial charge in [0.2, 0.25) is 0 Å². The normalized spacial score (nSPS) is 20.1. The van der Waals surface area contributed by atoms with Crippen molar-refractivity contribution in [3.8, 4) is 0 Å².